The molecule has 0 spiro atoms. The summed E-state index contributed by atoms with van der Waals surface area (Å²) in [4.78, 5) is 13.9. The first-order valence-corrected chi connectivity index (χ1v) is 6.35. The molecule has 4 nitrogen and oxygen atoms in total. The molecule has 1 amide bonds. The number of benzene rings is 1. The van der Waals surface area contributed by atoms with Gasteiger partial charge < -0.3 is 15.4 Å². The van der Waals surface area contributed by atoms with Gasteiger partial charge in [-0.15, -0.1) is 0 Å². The summed E-state index contributed by atoms with van der Waals surface area (Å²) < 4.78 is 17.9. The Morgan fingerprint density at radius 2 is 2.05 bits per heavy atom. The lowest BCUT2D eigenvalue weighted by Crippen LogP contribution is -2.58. The maximum Gasteiger partial charge on any atom is 0.234 e. The average Bonchev–Trinajstić information content (AvgIpc) is 2.37. The van der Waals surface area contributed by atoms with Crippen molar-refractivity contribution in [3.63, 3.8) is 0 Å². The van der Waals surface area contributed by atoms with Crippen molar-refractivity contribution in [3.05, 3.63) is 35.6 Å². The largest absolute Gasteiger partial charge is 0.379 e. The number of amides is 1. The Labute approximate surface area is 112 Å². The number of hydrogen-bond donors (Lipinski definition) is 1. The van der Waals surface area contributed by atoms with Gasteiger partial charge >= 0.3 is 0 Å². The zero-order valence-corrected chi connectivity index (χ0v) is 11.1. The number of carbonyl (C=O) groups excluding carboxylic acids is 1. The van der Waals surface area contributed by atoms with Gasteiger partial charge in [0.15, 0.2) is 0 Å². The van der Waals surface area contributed by atoms with E-state index in [1.54, 1.807) is 24.1 Å². The smallest absolute Gasteiger partial charge is 0.234 e. The highest BCUT2D eigenvalue weighted by molar-refractivity contribution is 5.84. The van der Waals surface area contributed by atoms with Crippen LogP contribution in [0.4, 0.5) is 4.39 Å². The van der Waals surface area contributed by atoms with Crippen LogP contribution in [0, 0.1) is 11.2 Å². The molecule has 19 heavy (non-hydrogen) atoms. The second-order valence-corrected chi connectivity index (χ2v) is 5.08. The number of ether oxygens (including phenoxy) is 1. The lowest BCUT2D eigenvalue weighted by Gasteiger charge is -2.41. The molecule has 0 unspecified atom stereocenters. The molecule has 2 rings (SSSR count). The molecule has 0 bridgehead atoms. The van der Waals surface area contributed by atoms with Crippen molar-refractivity contribution in [1.29, 1.82) is 0 Å². The standard InChI is InChI=1S/C14H19FN2O2/c1-17(13(18)14(8-16)9-19-10-14)7-6-11-2-4-12(15)5-3-11/h2-5H,6-10,16H2,1H3. The Kier molecular flexibility index (Phi) is 4.17. The molecule has 0 atom stereocenters. The molecule has 5 heteroatoms. The number of halogens is 1. The minimum absolute atomic E-state index is 0.0309. The van der Waals surface area contributed by atoms with Gasteiger partial charge in [-0.25, -0.2) is 4.39 Å². The summed E-state index contributed by atoms with van der Waals surface area (Å²) in [7, 11) is 1.77. The van der Waals surface area contributed by atoms with E-state index in [0.29, 0.717) is 32.7 Å². The summed E-state index contributed by atoms with van der Waals surface area (Å²) in [5.74, 6) is -0.217. The van der Waals surface area contributed by atoms with E-state index in [-0.39, 0.29) is 11.7 Å². The van der Waals surface area contributed by atoms with Crippen molar-refractivity contribution in [2.45, 2.75) is 6.42 Å². The molecular weight excluding hydrogens is 247 g/mol. The van der Waals surface area contributed by atoms with Crippen molar-refractivity contribution >= 4 is 5.91 Å². The predicted molar refractivity (Wildman–Crippen MR) is 70.0 cm³/mol. The number of carbonyl (C=O) groups is 1. The van der Waals surface area contributed by atoms with Crippen molar-refractivity contribution in [2.24, 2.45) is 11.1 Å². The molecule has 0 aromatic heterocycles. The Morgan fingerprint density at radius 3 is 2.53 bits per heavy atom. The van der Waals surface area contributed by atoms with Gasteiger partial charge in [0.05, 0.1) is 13.2 Å². The Balaban J connectivity index is 1.88. The third-order valence-corrected chi connectivity index (χ3v) is 3.60. The third kappa shape index (κ3) is 2.93. The second kappa shape index (κ2) is 5.67. The van der Waals surface area contributed by atoms with Gasteiger partial charge in [-0.05, 0) is 24.1 Å². The summed E-state index contributed by atoms with van der Waals surface area (Å²) in [5.41, 5.74) is 6.14. The fraction of sp³-hybridized carbons (Fsp3) is 0.500. The molecule has 1 heterocycles. The number of likely N-dealkylation sites (N-methyl/N-ethyl adjacent to an activating group) is 1. The Morgan fingerprint density at radius 1 is 1.42 bits per heavy atom. The Bertz CT molecular complexity index is 438. The van der Waals surface area contributed by atoms with Crippen molar-refractivity contribution < 1.29 is 13.9 Å². The van der Waals surface area contributed by atoms with Crippen LogP contribution >= 0.6 is 0 Å². The molecule has 104 valence electrons. The van der Waals surface area contributed by atoms with E-state index in [4.69, 9.17) is 10.5 Å². The van der Waals surface area contributed by atoms with E-state index >= 15 is 0 Å². The maximum atomic E-state index is 12.8. The van der Waals surface area contributed by atoms with E-state index in [1.165, 1.54) is 12.1 Å². The van der Waals surface area contributed by atoms with E-state index < -0.39 is 5.41 Å². The lowest BCUT2D eigenvalue weighted by atomic mass is 9.84. The van der Waals surface area contributed by atoms with Gasteiger partial charge in [-0.1, -0.05) is 12.1 Å². The van der Waals surface area contributed by atoms with Gasteiger partial charge in [0.2, 0.25) is 5.91 Å². The summed E-state index contributed by atoms with van der Waals surface area (Å²) in [6.07, 6.45) is 0.698. The SMILES string of the molecule is CN(CCc1ccc(F)cc1)C(=O)C1(CN)COC1. The van der Waals surface area contributed by atoms with Gasteiger partial charge in [0.1, 0.15) is 11.2 Å². The molecule has 1 saturated heterocycles. The normalized spacial score (nSPS) is 16.8. The molecule has 1 aliphatic rings. The molecule has 0 radical (unpaired) electrons. The fourth-order valence-electron chi connectivity index (χ4n) is 2.13. The van der Waals surface area contributed by atoms with Crippen molar-refractivity contribution in [1.82, 2.24) is 4.90 Å². The minimum Gasteiger partial charge on any atom is -0.379 e. The summed E-state index contributed by atoms with van der Waals surface area (Å²) in [5, 5.41) is 0. The monoisotopic (exact) mass is 266 g/mol. The van der Waals surface area contributed by atoms with Crippen LogP contribution < -0.4 is 5.73 Å². The molecular formula is C14H19FN2O2. The molecule has 1 aromatic carbocycles. The first-order chi connectivity index (χ1) is 9.07. The topological polar surface area (TPSA) is 55.6 Å². The van der Waals surface area contributed by atoms with Crippen LogP contribution in [-0.2, 0) is 16.0 Å². The lowest BCUT2D eigenvalue weighted by molar-refractivity contribution is -0.169. The first kappa shape index (κ1) is 14.0. The molecule has 0 aliphatic carbocycles. The van der Waals surface area contributed by atoms with E-state index in [9.17, 15) is 9.18 Å². The fourth-order valence-corrected chi connectivity index (χ4v) is 2.13. The van der Waals surface area contributed by atoms with Crippen LogP contribution in [0.25, 0.3) is 0 Å². The van der Waals surface area contributed by atoms with Crippen LogP contribution in [0.2, 0.25) is 0 Å². The molecule has 1 fully saturated rings. The van der Waals surface area contributed by atoms with Gasteiger partial charge in [-0.3, -0.25) is 4.79 Å². The molecule has 0 saturated carbocycles. The average molecular weight is 266 g/mol. The zero-order valence-electron chi connectivity index (χ0n) is 11.1. The summed E-state index contributed by atoms with van der Waals surface area (Å²) >= 11 is 0. The van der Waals surface area contributed by atoms with Crippen LogP contribution in [0.15, 0.2) is 24.3 Å². The quantitative estimate of drug-likeness (QED) is 0.857. The van der Waals surface area contributed by atoms with Crippen molar-refractivity contribution in [2.75, 3.05) is 33.4 Å². The molecule has 1 aliphatic heterocycles. The highest BCUT2D eigenvalue weighted by atomic mass is 19.1. The predicted octanol–water partition coefficient (Wildman–Crippen LogP) is 0.802. The van der Waals surface area contributed by atoms with Crippen LogP contribution in [-0.4, -0.2) is 44.2 Å². The van der Waals surface area contributed by atoms with E-state index in [2.05, 4.69) is 0 Å². The minimum atomic E-state index is -0.530. The third-order valence-electron chi connectivity index (χ3n) is 3.60. The van der Waals surface area contributed by atoms with E-state index in [0.717, 1.165) is 5.56 Å². The number of rotatable bonds is 5. The summed E-state index contributed by atoms with van der Waals surface area (Å²) in [6.45, 7) is 1.71. The Hall–Kier alpha value is -1.46. The van der Waals surface area contributed by atoms with Crippen LogP contribution in [0.5, 0.6) is 0 Å². The molecule has 1 aromatic rings. The molecule has 2 N–H and O–H groups in total. The van der Waals surface area contributed by atoms with Crippen LogP contribution in [0.1, 0.15) is 5.56 Å². The highest BCUT2D eigenvalue weighted by Gasteiger charge is 2.46. The second-order valence-electron chi connectivity index (χ2n) is 5.08. The summed E-state index contributed by atoms with van der Waals surface area (Å²) in [6, 6.07) is 6.33. The highest BCUT2D eigenvalue weighted by Crippen LogP contribution is 2.28. The number of nitrogens with two attached hydrogens (primary N) is 1. The zero-order chi connectivity index (χ0) is 13.9. The maximum absolute atomic E-state index is 12.8. The first-order valence-electron chi connectivity index (χ1n) is 6.35. The van der Waals surface area contributed by atoms with Gasteiger partial charge in [-0.2, -0.15) is 0 Å². The van der Waals surface area contributed by atoms with E-state index in [1.807, 2.05) is 0 Å². The van der Waals surface area contributed by atoms with Gasteiger partial charge in [0, 0.05) is 20.1 Å². The number of hydrogen-bond acceptors (Lipinski definition) is 3. The van der Waals surface area contributed by atoms with Gasteiger partial charge in [0.25, 0.3) is 0 Å². The number of nitrogens with zero attached hydrogens (tertiary/aromatic N) is 1. The van der Waals surface area contributed by atoms with Crippen molar-refractivity contribution in [3.8, 4) is 0 Å². The van der Waals surface area contributed by atoms with Crippen LogP contribution in [0.3, 0.4) is 0 Å².